The molecule has 2 aromatic carbocycles. The summed E-state index contributed by atoms with van der Waals surface area (Å²) in [6.07, 6.45) is 3.98. The zero-order valence-corrected chi connectivity index (χ0v) is 16.0. The molecule has 4 aromatic rings. The molecule has 0 bridgehead atoms. The maximum atomic E-state index is 5.50. The fourth-order valence-corrected chi connectivity index (χ4v) is 4.06. The van der Waals surface area contributed by atoms with Crippen LogP contribution < -0.4 is 9.31 Å². The third kappa shape index (κ3) is 2.51. The molecule has 26 heavy (non-hydrogen) atoms. The molecular weight excluding hydrogens is 320 g/mol. The fourth-order valence-electron chi connectivity index (χ4n) is 4.06. The summed E-state index contributed by atoms with van der Waals surface area (Å²) < 4.78 is 9.64. The van der Waals surface area contributed by atoms with Gasteiger partial charge in [-0.25, -0.2) is 4.52 Å². The van der Waals surface area contributed by atoms with Crippen molar-refractivity contribution in [3.05, 3.63) is 77.3 Å². The molecule has 0 saturated carbocycles. The van der Waals surface area contributed by atoms with Gasteiger partial charge in [-0.3, -0.25) is 0 Å². The Balaban J connectivity index is 2.04. The molecule has 2 aromatic heterocycles. The molecule has 0 fully saturated rings. The predicted octanol–water partition coefficient (Wildman–Crippen LogP) is 4.43. The zero-order valence-electron chi connectivity index (χ0n) is 16.0. The van der Waals surface area contributed by atoms with E-state index < -0.39 is 0 Å². The van der Waals surface area contributed by atoms with Gasteiger partial charge in [-0.1, -0.05) is 18.2 Å². The first-order valence-corrected chi connectivity index (χ1v) is 8.94. The van der Waals surface area contributed by atoms with Crippen molar-refractivity contribution in [3.63, 3.8) is 0 Å². The van der Waals surface area contributed by atoms with Crippen LogP contribution in [0.1, 0.15) is 22.4 Å². The van der Waals surface area contributed by atoms with Crippen LogP contribution in [0.2, 0.25) is 0 Å². The van der Waals surface area contributed by atoms with Crippen molar-refractivity contribution in [3.8, 4) is 16.9 Å². The normalized spacial score (nSPS) is 11.3. The number of benzene rings is 2. The topological polar surface area (TPSA) is 20.9 Å². The van der Waals surface area contributed by atoms with Crippen LogP contribution in [0.25, 0.3) is 27.7 Å². The first-order chi connectivity index (χ1) is 12.5. The van der Waals surface area contributed by atoms with E-state index in [0.29, 0.717) is 0 Å². The van der Waals surface area contributed by atoms with E-state index in [4.69, 9.17) is 4.52 Å². The molecule has 0 aliphatic heterocycles. The van der Waals surface area contributed by atoms with E-state index in [9.17, 15) is 0 Å². The Labute approximate surface area is 154 Å². The lowest BCUT2D eigenvalue weighted by atomic mass is 9.94. The quantitative estimate of drug-likeness (QED) is 0.493. The molecule has 0 saturated heterocycles. The Morgan fingerprint density at radius 3 is 2.27 bits per heavy atom. The summed E-state index contributed by atoms with van der Waals surface area (Å²) in [6.45, 7) is 8.74. The van der Waals surface area contributed by atoms with Crippen LogP contribution >= 0.6 is 0 Å². The number of hydrogen-bond acceptors (Lipinski definition) is 1. The number of fused-ring (bicyclic) bond motifs is 1. The van der Waals surface area contributed by atoms with E-state index in [-0.39, 0.29) is 0 Å². The number of rotatable bonds is 2. The molecule has 0 amide bonds. The highest BCUT2D eigenvalue weighted by atomic mass is 16.5. The molecule has 0 spiro atoms. The first kappa shape index (κ1) is 16.5. The molecule has 3 nitrogen and oxygen atoms in total. The Bertz CT molecular complexity index is 1140. The van der Waals surface area contributed by atoms with Gasteiger partial charge in [-0.05, 0) is 48.6 Å². The van der Waals surface area contributed by atoms with Crippen molar-refractivity contribution in [2.24, 2.45) is 7.05 Å². The Morgan fingerprint density at radius 1 is 0.846 bits per heavy atom. The third-order valence-electron chi connectivity index (χ3n) is 5.22. The number of hydrogen-bond donors (Lipinski definition) is 0. The van der Waals surface area contributed by atoms with Gasteiger partial charge in [0.15, 0.2) is 25.2 Å². The van der Waals surface area contributed by atoms with Gasteiger partial charge in [-0.2, -0.15) is 4.57 Å². The highest BCUT2D eigenvalue weighted by Gasteiger charge is 2.26. The molecule has 0 aliphatic carbocycles. The third-order valence-corrected chi connectivity index (χ3v) is 5.22. The minimum absolute atomic E-state index is 1.10. The second-order valence-electron chi connectivity index (χ2n) is 7.06. The van der Waals surface area contributed by atoms with Gasteiger partial charge in [0, 0.05) is 29.5 Å². The Morgan fingerprint density at radius 2 is 1.58 bits per heavy atom. The number of aryl methyl sites for hydroxylation is 4. The molecule has 2 heterocycles. The van der Waals surface area contributed by atoms with Crippen molar-refractivity contribution in [2.75, 3.05) is 0 Å². The van der Waals surface area contributed by atoms with E-state index in [0.717, 1.165) is 5.69 Å². The van der Waals surface area contributed by atoms with Gasteiger partial charge in [-0.15, -0.1) is 0 Å². The second-order valence-corrected chi connectivity index (χ2v) is 7.06. The van der Waals surface area contributed by atoms with Gasteiger partial charge in [0.05, 0.1) is 11.6 Å². The number of nitrogens with zero attached hydrogens (tertiary/aromatic N) is 2. The first-order valence-electron chi connectivity index (χ1n) is 8.94. The van der Waals surface area contributed by atoms with Crippen LogP contribution in [0.15, 0.2) is 59.4 Å². The monoisotopic (exact) mass is 344 g/mol. The van der Waals surface area contributed by atoms with Crippen molar-refractivity contribution in [2.45, 2.75) is 27.7 Å². The summed E-state index contributed by atoms with van der Waals surface area (Å²) in [5.74, 6) is 0. The summed E-state index contributed by atoms with van der Waals surface area (Å²) in [5, 5.41) is 2.51. The summed E-state index contributed by atoms with van der Waals surface area (Å²) in [5.41, 5.74) is 8.61. The molecule has 0 atom stereocenters. The SMILES string of the molecule is Cc1cc(C)c(-[n+]2cc3ccccc3cc2C)c(C)c1-c1cco[n+]1C. The summed E-state index contributed by atoms with van der Waals surface area (Å²) in [6, 6.07) is 15.1. The Hall–Kier alpha value is -2.94. The van der Waals surface area contributed by atoms with Crippen LogP contribution in [-0.2, 0) is 7.05 Å². The second kappa shape index (κ2) is 6.10. The molecule has 0 aliphatic rings. The lowest BCUT2D eigenvalue weighted by Gasteiger charge is -2.12. The van der Waals surface area contributed by atoms with E-state index in [1.807, 2.05) is 17.9 Å². The van der Waals surface area contributed by atoms with Gasteiger partial charge < -0.3 is 0 Å². The maximum absolute atomic E-state index is 5.50. The van der Waals surface area contributed by atoms with Crippen molar-refractivity contribution in [1.29, 1.82) is 0 Å². The van der Waals surface area contributed by atoms with Gasteiger partial charge in [0.1, 0.15) is 0 Å². The average molecular weight is 344 g/mol. The van der Waals surface area contributed by atoms with E-state index >= 15 is 0 Å². The molecule has 0 radical (unpaired) electrons. The van der Waals surface area contributed by atoms with Gasteiger partial charge in [0.2, 0.25) is 5.69 Å². The predicted molar refractivity (Wildman–Crippen MR) is 103 cm³/mol. The summed E-state index contributed by atoms with van der Waals surface area (Å²) in [4.78, 5) is 0. The van der Waals surface area contributed by atoms with E-state index in [1.165, 1.54) is 44.4 Å². The van der Waals surface area contributed by atoms with Crippen molar-refractivity contribution >= 4 is 10.8 Å². The van der Waals surface area contributed by atoms with Crippen LogP contribution in [0.5, 0.6) is 0 Å². The average Bonchev–Trinajstić information content (AvgIpc) is 3.01. The lowest BCUT2D eigenvalue weighted by Crippen LogP contribution is -2.36. The molecule has 0 N–H and O–H groups in total. The van der Waals surface area contributed by atoms with Gasteiger partial charge in [0.25, 0.3) is 5.69 Å². The van der Waals surface area contributed by atoms with Crippen LogP contribution in [0.3, 0.4) is 0 Å². The van der Waals surface area contributed by atoms with Crippen LogP contribution in [-0.4, -0.2) is 0 Å². The highest BCUT2D eigenvalue weighted by Crippen LogP contribution is 2.30. The minimum atomic E-state index is 1.10. The molecular formula is C23H24N2O+2. The Kier molecular flexibility index (Phi) is 3.87. The van der Waals surface area contributed by atoms with E-state index in [2.05, 4.69) is 74.9 Å². The van der Waals surface area contributed by atoms with Crippen LogP contribution in [0, 0.1) is 27.7 Å². The summed E-state index contributed by atoms with van der Waals surface area (Å²) >= 11 is 0. The number of pyridine rings is 1. The fraction of sp³-hybridized carbons (Fsp3) is 0.217. The summed E-state index contributed by atoms with van der Waals surface area (Å²) in [7, 11) is 1.95. The molecule has 0 unspecified atom stereocenters. The zero-order chi connectivity index (χ0) is 18.4. The largest absolute Gasteiger partial charge is 0.262 e. The lowest BCUT2D eigenvalue weighted by molar-refractivity contribution is -0.836. The molecule has 130 valence electrons. The van der Waals surface area contributed by atoms with Crippen molar-refractivity contribution in [1.82, 2.24) is 0 Å². The smallest absolute Gasteiger partial charge is 0.244 e. The van der Waals surface area contributed by atoms with E-state index in [1.54, 1.807) is 6.26 Å². The number of aromatic nitrogens is 2. The van der Waals surface area contributed by atoms with Crippen LogP contribution in [0.4, 0.5) is 0 Å². The standard InChI is InChI=1S/C23H24N2O/c1-15-12-16(2)23(18(4)22(15)21-10-11-26-24(21)5)25-14-20-9-7-6-8-19(20)13-17(25)3/h6-14H,1-5H3/q+2. The maximum Gasteiger partial charge on any atom is 0.262 e. The van der Waals surface area contributed by atoms with Gasteiger partial charge >= 0.3 is 0 Å². The minimum Gasteiger partial charge on any atom is -0.244 e. The molecule has 3 heteroatoms. The van der Waals surface area contributed by atoms with Crippen molar-refractivity contribution < 1.29 is 13.8 Å². The highest BCUT2D eigenvalue weighted by molar-refractivity contribution is 5.81. The molecule has 4 rings (SSSR count).